The SMILES string of the molecule is C=C(F)CC=CC1=CC(C)(CCN(CC)CC2CC2)CN1S(=O)c1ccc(Cl)cc1Cl. The van der Waals surface area contributed by atoms with E-state index >= 15 is 0 Å². The molecule has 0 saturated heterocycles. The zero-order valence-corrected chi connectivity index (χ0v) is 20.6. The standard InChI is InChI=1S/C24H31Cl2FN2OS/c1-4-28(16-19-8-9-19)13-12-24(3)15-21(7-5-6-18(2)27)29(17-24)31(30)23-11-10-20(25)14-22(23)26/h5,7,10-11,14-15,19H,2,4,6,8-9,12-13,16-17H2,1,3H3. The second-order valence-electron chi connectivity index (χ2n) is 8.79. The summed E-state index contributed by atoms with van der Waals surface area (Å²) in [5.74, 6) is 0.458. The lowest BCUT2D eigenvalue weighted by atomic mass is 9.88. The van der Waals surface area contributed by atoms with Gasteiger partial charge in [0, 0.05) is 35.6 Å². The van der Waals surface area contributed by atoms with Crippen molar-refractivity contribution in [2.45, 2.75) is 44.4 Å². The molecule has 1 aromatic carbocycles. The Labute approximate surface area is 198 Å². The summed E-state index contributed by atoms with van der Waals surface area (Å²) in [7, 11) is -1.49. The lowest BCUT2D eigenvalue weighted by Gasteiger charge is -2.29. The smallest absolute Gasteiger partial charge is 0.154 e. The Morgan fingerprint density at radius 1 is 1.42 bits per heavy atom. The van der Waals surface area contributed by atoms with Gasteiger partial charge >= 0.3 is 0 Å². The Hall–Kier alpha value is -1.14. The van der Waals surface area contributed by atoms with Gasteiger partial charge in [-0.15, -0.1) is 0 Å². The molecule has 0 amide bonds. The molecule has 3 nitrogen and oxygen atoms in total. The second-order valence-corrected chi connectivity index (χ2v) is 11.0. The highest BCUT2D eigenvalue weighted by Gasteiger charge is 2.36. The molecular weight excluding hydrogens is 454 g/mol. The van der Waals surface area contributed by atoms with E-state index in [9.17, 15) is 8.60 Å². The van der Waals surface area contributed by atoms with E-state index in [1.54, 1.807) is 24.3 Å². The molecule has 0 radical (unpaired) electrons. The molecule has 0 N–H and O–H groups in total. The molecule has 0 aromatic heterocycles. The van der Waals surface area contributed by atoms with E-state index < -0.39 is 16.8 Å². The molecule has 0 spiro atoms. The molecule has 0 bridgehead atoms. The van der Waals surface area contributed by atoms with Gasteiger partial charge in [0.15, 0.2) is 11.0 Å². The van der Waals surface area contributed by atoms with Crippen molar-refractivity contribution in [3.05, 3.63) is 64.6 Å². The normalized spacial score (nSPS) is 22.4. The van der Waals surface area contributed by atoms with E-state index in [4.69, 9.17) is 23.2 Å². The molecule has 31 heavy (non-hydrogen) atoms. The first-order chi connectivity index (χ1) is 14.7. The van der Waals surface area contributed by atoms with Crippen molar-refractivity contribution in [1.82, 2.24) is 9.21 Å². The van der Waals surface area contributed by atoms with Crippen molar-refractivity contribution in [2.75, 3.05) is 26.2 Å². The maximum Gasteiger partial charge on any atom is 0.154 e. The fourth-order valence-corrected chi connectivity index (χ4v) is 5.80. The molecule has 1 aliphatic carbocycles. The minimum absolute atomic E-state index is 0.140. The number of hydrogen-bond donors (Lipinski definition) is 0. The van der Waals surface area contributed by atoms with Gasteiger partial charge in [0.05, 0.1) is 15.7 Å². The first-order valence-corrected chi connectivity index (χ1v) is 12.7. The fourth-order valence-electron chi connectivity index (χ4n) is 3.83. The molecule has 1 fully saturated rings. The summed E-state index contributed by atoms with van der Waals surface area (Å²) < 4.78 is 28.4. The van der Waals surface area contributed by atoms with Gasteiger partial charge in [0.2, 0.25) is 0 Å². The Balaban J connectivity index is 1.78. The summed E-state index contributed by atoms with van der Waals surface area (Å²) in [6, 6.07) is 5.00. The van der Waals surface area contributed by atoms with Crippen molar-refractivity contribution < 1.29 is 8.60 Å². The minimum Gasteiger partial charge on any atom is -0.303 e. The lowest BCUT2D eigenvalue weighted by molar-refractivity contribution is 0.231. The van der Waals surface area contributed by atoms with Gasteiger partial charge in [-0.2, -0.15) is 0 Å². The molecule has 2 aliphatic rings. The molecular formula is C24H31Cl2FN2OS. The van der Waals surface area contributed by atoms with Gasteiger partial charge in [-0.25, -0.2) is 8.60 Å². The summed E-state index contributed by atoms with van der Waals surface area (Å²) in [6.45, 7) is 11.5. The van der Waals surface area contributed by atoms with Crippen molar-refractivity contribution in [3.8, 4) is 0 Å². The summed E-state index contributed by atoms with van der Waals surface area (Å²) in [5.41, 5.74) is 0.677. The van der Waals surface area contributed by atoms with Gasteiger partial charge in [-0.1, -0.05) is 55.8 Å². The third-order valence-corrected chi connectivity index (χ3v) is 7.99. The van der Waals surface area contributed by atoms with Crippen molar-refractivity contribution in [3.63, 3.8) is 0 Å². The molecule has 3 rings (SSSR count). The number of rotatable bonds is 11. The van der Waals surface area contributed by atoms with Crippen molar-refractivity contribution in [2.24, 2.45) is 11.3 Å². The Kier molecular flexibility index (Phi) is 8.42. The molecule has 7 heteroatoms. The van der Waals surface area contributed by atoms with E-state index in [0.717, 1.165) is 37.7 Å². The fraction of sp³-hybridized carbons (Fsp3) is 0.500. The quantitative estimate of drug-likeness (QED) is 0.345. The number of nitrogens with zero attached hydrogens (tertiary/aromatic N) is 2. The van der Waals surface area contributed by atoms with E-state index in [0.29, 0.717) is 21.5 Å². The minimum atomic E-state index is -1.49. The van der Waals surface area contributed by atoms with Crippen LogP contribution in [0.3, 0.4) is 0 Å². The Morgan fingerprint density at radius 3 is 2.77 bits per heavy atom. The second kappa shape index (κ2) is 10.7. The molecule has 1 saturated carbocycles. The van der Waals surface area contributed by atoms with E-state index in [2.05, 4.69) is 31.4 Å². The van der Waals surface area contributed by atoms with Crippen molar-refractivity contribution in [1.29, 1.82) is 0 Å². The van der Waals surface area contributed by atoms with Crippen molar-refractivity contribution >= 4 is 34.2 Å². The average molecular weight is 485 g/mol. The maximum atomic E-state index is 13.5. The first kappa shape index (κ1) is 24.5. The van der Waals surface area contributed by atoms with Crippen LogP contribution >= 0.6 is 23.2 Å². The topological polar surface area (TPSA) is 23.6 Å². The molecule has 2 atom stereocenters. The van der Waals surface area contributed by atoms with Crippen LogP contribution in [0.1, 0.15) is 39.5 Å². The van der Waals surface area contributed by atoms with Crippen LogP contribution in [0.25, 0.3) is 0 Å². The van der Waals surface area contributed by atoms with Gasteiger partial charge < -0.3 is 4.90 Å². The number of halogens is 3. The maximum absolute atomic E-state index is 13.5. The Morgan fingerprint density at radius 2 is 2.16 bits per heavy atom. The highest BCUT2D eigenvalue weighted by molar-refractivity contribution is 7.83. The largest absolute Gasteiger partial charge is 0.303 e. The highest BCUT2D eigenvalue weighted by Crippen LogP contribution is 2.39. The van der Waals surface area contributed by atoms with E-state index in [-0.39, 0.29) is 11.8 Å². The predicted molar refractivity (Wildman–Crippen MR) is 129 cm³/mol. The van der Waals surface area contributed by atoms with Crippen LogP contribution in [0.2, 0.25) is 10.0 Å². The number of benzene rings is 1. The summed E-state index contributed by atoms with van der Waals surface area (Å²) in [5, 5.41) is 0.881. The van der Waals surface area contributed by atoms with Gasteiger partial charge in [-0.3, -0.25) is 4.31 Å². The predicted octanol–water partition coefficient (Wildman–Crippen LogP) is 6.77. The summed E-state index contributed by atoms with van der Waals surface area (Å²) >= 11 is 12.3. The molecule has 1 aromatic rings. The van der Waals surface area contributed by atoms with Crippen LogP contribution in [-0.4, -0.2) is 39.6 Å². The van der Waals surface area contributed by atoms with Crippen LogP contribution in [0.15, 0.2) is 59.4 Å². The molecule has 1 aliphatic heterocycles. The van der Waals surface area contributed by atoms with Crippen LogP contribution in [0, 0.1) is 11.3 Å². The van der Waals surface area contributed by atoms with Crippen LogP contribution in [0.5, 0.6) is 0 Å². The highest BCUT2D eigenvalue weighted by atomic mass is 35.5. The van der Waals surface area contributed by atoms with E-state index in [1.165, 1.54) is 12.8 Å². The first-order valence-electron chi connectivity index (χ1n) is 10.8. The Bertz CT molecular complexity index is 900. The summed E-state index contributed by atoms with van der Waals surface area (Å²) in [6.07, 6.45) is 9.51. The molecule has 170 valence electrons. The average Bonchev–Trinajstić information content (AvgIpc) is 3.46. The molecule has 1 heterocycles. The molecule has 2 unspecified atom stereocenters. The third-order valence-electron chi connectivity index (χ3n) is 5.86. The third kappa shape index (κ3) is 6.92. The number of hydrogen-bond acceptors (Lipinski definition) is 2. The number of allylic oxidation sites excluding steroid dienone is 3. The van der Waals surface area contributed by atoms with Gasteiger partial charge in [0.25, 0.3) is 0 Å². The monoisotopic (exact) mass is 484 g/mol. The van der Waals surface area contributed by atoms with Crippen LogP contribution in [0.4, 0.5) is 4.39 Å². The van der Waals surface area contributed by atoms with Crippen LogP contribution in [-0.2, 0) is 11.0 Å². The van der Waals surface area contributed by atoms with Gasteiger partial charge in [0.1, 0.15) is 0 Å². The summed E-state index contributed by atoms with van der Waals surface area (Å²) in [4.78, 5) is 3.03. The van der Waals surface area contributed by atoms with E-state index in [1.807, 2.05) is 10.4 Å². The zero-order chi connectivity index (χ0) is 22.6. The lowest BCUT2D eigenvalue weighted by Crippen LogP contribution is -2.33. The van der Waals surface area contributed by atoms with Crippen LogP contribution < -0.4 is 0 Å². The zero-order valence-electron chi connectivity index (χ0n) is 18.3. The van der Waals surface area contributed by atoms with Gasteiger partial charge in [-0.05, 0) is 62.5 Å².